The highest BCUT2D eigenvalue weighted by Crippen LogP contribution is 2.22. The number of aliphatic hydroxyl groups is 1. The second-order valence-electron chi connectivity index (χ2n) is 4.78. The van der Waals surface area contributed by atoms with Crippen LogP contribution in [-0.4, -0.2) is 35.1 Å². The van der Waals surface area contributed by atoms with Crippen molar-refractivity contribution in [3.05, 3.63) is 23.7 Å². The third kappa shape index (κ3) is 2.69. The summed E-state index contributed by atoms with van der Waals surface area (Å²) in [6, 6.07) is 3.52. The third-order valence-corrected chi connectivity index (χ3v) is 3.46. The van der Waals surface area contributed by atoms with Gasteiger partial charge in [-0.2, -0.15) is 0 Å². The van der Waals surface area contributed by atoms with Crippen molar-refractivity contribution >= 4 is 5.91 Å². The van der Waals surface area contributed by atoms with Crippen molar-refractivity contribution in [3.63, 3.8) is 0 Å². The van der Waals surface area contributed by atoms with Crippen LogP contribution < -0.4 is 0 Å². The van der Waals surface area contributed by atoms with Gasteiger partial charge < -0.3 is 14.4 Å². The zero-order chi connectivity index (χ0) is 12.4. The van der Waals surface area contributed by atoms with Crippen LogP contribution in [-0.2, 0) is 0 Å². The van der Waals surface area contributed by atoms with Crippen LogP contribution in [0.1, 0.15) is 36.1 Å². The molecule has 1 fully saturated rings. The van der Waals surface area contributed by atoms with Crippen molar-refractivity contribution in [2.75, 3.05) is 13.1 Å². The zero-order valence-electron chi connectivity index (χ0n) is 10.3. The molecule has 1 atom stereocenters. The topological polar surface area (TPSA) is 53.7 Å². The molecule has 0 radical (unpaired) electrons. The second-order valence-corrected chi connectivity index (χ2v) is 4.78. The quantitative estimate of drug-likeness (QED) is 0.853. The molecule has 1 aliphatic rings. The summed E-state index contributed by atoms with van der Waals surface area (Å²) >= 11 is 0. The Labute approximate surface area is 101 Å². The van der Waals surface area contributed by atoms with Crippen LogP contribution >= 0.6 is 0 Å². The van der Waals surface area contributed by atoms with Gasteiger partial charge in [-0.3, -0.25) is 4.79 Å². The number of nitrogens with zero attached hydrogens (tertiary/aromatic N) is 1. The largest absolute Gasteiger partial charge is 0.456 e. The van der Waals surface area contributed by atoms with Crippen molar-refractivity contribution < 1.29 is 14.3 Å². The van der Waals surface area contributed by atoms with Gasteiger partial charge in [-0.25, -0.2) is 0 Å². The normalized spacial score (nSPS) is 19.4. The molecule has 4 nitrogen and oxygen atoms in total. The SMILES string of the molecule is Cc1ccc(C(=O)N2CCC(C(C)O)CC2)o1. The number of piperidine rings is 1. The number of aryl methyl sites for hydroxylation is 1. The van der Waals surface area contributed by atoms with Crippen LogP contribution in [0, 0.1) is 12.8 Å². The van der Waals surface area contributed by atoms with Gasteiger partial charge in [0.05, 0.1) is 6.10 Å². The molecule has 1 aromatic rings. The fourth-order valence-electron chi connectivity index (χ4n) is 2.29. The van der Waals surface area contributed by atoms with Gasteiger partial charge in [-0.15, -0.1) is 0 Å². The summed E-state index contributed by atoms with van der Waals surface area (Å²) < 4.78 is 5.33. The van der Waals surface area contributed by atoms with Crippen LogP contribution in [0.4, 0.5) is 0 Å². The molecule has 94 valence electrons. The van der Waals surface area contributed by atoms with E-state index in [-0.39, 0.29) is 12.0 Å². The highest BCUT2D eigenvalue weighted by Gasteiger charge is 2.27. The third-order valence-electron chi connectivity index (χ3n) is 3.46. The maximum atomic E-state index is 12.1. The molecular formula is C13H19NO3. The lowest BCUT2D eigenvalue weighted by Gasteiger charge is -2.32. The van der Waals surface area contributed by atoms with Crippen molar-refractivity contribution in [1.82, 2.24) is 4.90 Å². The van der Waals surface area contributed by atoms with E-state index in [4.69, 9.17) is 4.42 Å². The molecule has 0 aliphatic carbocycles. The molecule has 0 saturated carbocycles. The number of likely N-dealkylation sites (tertiary alicyclic amines) is 1. The first-order valence-electron chi connectivity index (χ1n) is 6.11. The molecule has 1 unspecified atom stereocenters. The average Bonchev–Trinajstić information content (AvgIpc) is 2.75. The Balaban J connectivity index is 1.95. The molecule has 0 spiro atoms. The molecule has 1 aromatic heterocycles. The Morgan fingerprint density at radius 1 is 1.47 bits per heavy atom. The van der Waals surface area contributed by atoms with E-state index >= 15 is 0 Å². The number of amides is 1. The predicted molar refractivity (Wildman–Crippen MR) is 63.8 cm³/mol. The van der Waals surface area contributed by atoms with Crippen LogP contribution in [0.15, 0.2) is 16.5 Å². The molecular weight excluding hydrogens is 218 g/mol. The van der Waals surface area contributed by atoms with Gasteiger partial charge >= 0.3 is 0 Å². The summed E-state index contributed by atoms with van der Waals surface area (Å²) in [7, 11) is 0. The van der Waals surface area contributed by atoms with E-state index in [2.05, 4.69) is 0 Å². The minimum absolute atomic E-state index is 0.0397. The lowest BCUT2D eigenvalue weighted by atomic mass is 9.92. The van der Waals surface area contributed by atoms with Crippen molar-refractivity contribution in [2.24, 2.45) is 5.92 Å². The summed E-state index contributed by atoms with van der Waals surface area (Å²) in [5.41, 5.74) is 0. The van der Waals surface area contributed by atoms with Crippen LogP contribution in [0.5, 0.6) is 0 Å². The van der Waals surface area contributed by atoms with E-state index in [0.29, 0.717) is 24.8 Å². The van der Waals surface area contributed by atoms with E-state index in [1.54, 1.807) is 17.0 Å². The molecule has 0 bridgehead atoms. The lowest BCUT2D eigenvalue weighted by molar-refractivity contribution is 0.0497. The highest BCUT2D eigenvalue weighted by molar-refractivity contribution is 5.91. The number of hydrogen-bond donors (Lipinski definition) is 1. The lowest BCUT2D eigenvalue weighted by Crippen LogP contribution is -2.40. The van der Waals surface area contributed by atoms with Crippen LogP contribution in [0.2, 0.25) is 0 Å². The van der Waals surface area contributed by atoms with Gasteiger partial charge in [0, 0.05) is 13.1 Å². The van der Waals surface area contributed by atoms with Crippen LogP contribution in [0.25, 0.3) is 0 Å². The Morgan fingerprint density at radius 3 is 2.59 bits per heavy atom. The van der Waals surface area contributed by atoms with Gasteiger partial charge in [-0.1, -0.05) is 0 Å². The summed E-state index contributed by atoms with van der Waals surface area (Å²) in [5, 5.41) is 9.50. The molecule has 4 heteroatoms. The molecule has 2 heterocycles. The van der Waals surface area contributed by atoms with Gasteiger partial charge in [0.2, 0.25) is 0 Å². The molecule has 1 aliphatic heterocycles. The Hall–Kier alpha value is -1.29. The molecule has 2 rings (SSSR count). The molecule has 17 heavy (non-hydrogen) atoms. The number of carbonyl (C=O) groups is 1. The van der Waals surface area contributed by atoms with Gasteiger partial charge in [-0.05, 0) is 44.7 Å². The van der Waals surface area contributed by atoms with Crippen molar-refractivity contribution in [2.45, 2.75) is 32.8 Å². The van der Waals surface area contributed by atoms with Crippen molar-refractivity contribution in [1.29, 1.82) is 0 Å². The standard InChI is InChI=1S/C13H19NO3/c1-9-3-4-12(17-9)13(16)14-7-5-11(6-8-14)10(2)15/h3-4,10-11,15H,5-8H2,1-2H3. The predicted octanol–water partition coefficient (Wildman–Crippen LogP) is 1.82. The van der Waals surface area contributed by atoms with Crippen molar-refractivity contribution in [3.8, 4) is 0 Å². The highest BCUT2D eigenvalue weighted by atomic mass is 16.3. The molecule has 1 N–H and O–H groups in total. The maximum absolute atomic E-state index is 12.1. The Morgan fingerprint density at radius 2 is 2.12 bits per heavy atom. The van der Waals surface area contributed by atoms with E-state index in [9.17, 15) is 9.90 Å². The summed E-state index contributed by atoms with van der Waals surface area (Å²) in [5.74, 6) is 1.45. The van der Waals surface area contributed by atoms with Gasteiger partial charge in [0.15, 0.2) is 5.76 Å². The maximum Gasteiger partial charge on any atom is 0.289 e. The van der Waals surface area contributed by atoms with E-state index in [1.807, 2.05) is 13.8 Å². The zero-order valence-corrected chi connectivity index (χ0v) is 10.3. The summed E-state index contributed by atoms with van der Waals surface area (Å²) in [6.07, 6.45) is 1.45. The van der Waals surface area contributed by atoms with Gasteiger partial charge in [0.25, 0.3) is 5.91 Å². The smallest absolute Gasteiger partial charge is 0.289 e. The Bertz CT molecular complexity index is 389. The molecule has 0 aromatic carbocycles. The second kappa shape index (κ2) is 4.92. The van der Waals surface area contributed by atoms with E-state index < -0.39 is 0 Å². The fraction of sp³-hybridized carbons (Fsp3) is 0.615. The number of aliphatic hydroxyl groups excluding tert-OH is 1. The van der Waals surface area contributed by atoms with E-state index in [0.717, 1.165) is 18.6 Å². The minimum atomic E-state index is -0.280. The first kappa shape index (κ1) is 12.2. The molecule has 1 saturated heterocycles. The number of carbonyl (C=O) groups excluding carboxylic acids is 1. The average molecular weight is 237 g/mol. The first-order valence-corrected chi connectivity index (χ1v) is 6.11. The summed E-state index contributed by atoms with van der Waals surface area (Å²) in [6.45, 7) is 5.05. The Kier molecular flexibility index (Phi) is 3.52. The number of rotatable bonds is 2. The van der Waals surface area contributed by atoms with E-state index in [1.165, 1.54) is 0 Å². The number of hydrogen-bond acceptors (Lipinski definition) is 3. The summed E-state index contributed by atoms with van der Waals surface area (Å²) in [4.78, 5) is 13.9. The molecule has 1 amide bonds. The fourth-order valence-corrected chi connectivity index (χ4v) is 2.29. The van der Waals surface area contributed by atoms with Gasteiger partial charge in [0.1, 0.15) is 5.76 Å². The monoisotopic (exact) mass is 237 g/mol. The first-order chi connectivity index (χ1) is 8.08. The minimum Gasteiger partial charge on any atom is -0.456 e. The number of furan rings is 1. The van der Waals surface area contributed by atoms with Crippen LogP contribution in [0.3, 0.4) is 0 Å².